The molecular weight excluding hydrogens is 216 g/mol. The van der Waals surface area contributed by atoms with Crippen molar-refractivity contribution in [2.24, 2.45) is 11.8 Å². The van der Waals surface area contributed by atoms with Crippen molar-refractivity contribution >= 4 is 11.7 Å². The van der Waals surface area contributed by atoms with Crippen molar-refractivity contribution in [3.8, 4) is 0 Å². The predicted octanol–water partition coefficient (Wildman–Crippen LogP) is 2.26. The number of hydrogen-bond donors (Lipinski definition) is 1. The minimum Gasteiger partial charge on any atom is -0.478 e. The number of pyridine rings is 1. The molecule has 1 aromatic heterocycles. The van der Waals surface area contributed by atoms with Crippen LogP contribution >= 0.6 is 0 Å². The third kappa shape index (κ3) is 2.57. The summed E-state index contributed by atoms with van der Waals surface area (Å²) in [6.45, 7) is 6.24. The van der Waals surface area contributed by atoms with Gasteiger partial charge in [0.1, 0.15) is 0 Å². The highest BCUT2D eigenvalue weighted by molar-refractivity contribution is 5.94. The average molecular weight is 234 g/mol. The minimum atomic E-state index is -0.881. The van der Waals surface area contributed by atoms with Gasteiger partial charge in [0.15, 0.2) is 0 Å². The summed E-state index contributed by atoms with van der Waals surface area (Å²) in [5.74, 6) is 0.314. The zero-order chi connectivity index (χ0) is 12.4. The molecule has 1 aliphatic heterocycles. The highest BCUT2D eigenvalue weighted by Gasteiger charge is 2.24. The van der Waals surface area contributed by atoms with Crippen molar-refractivity contribution < 1.29 is 9.90 Å². The zero-order valence-electron chi connectivity index (χ0n) is 10.3. The Morgan fingerprint density at radius 2 is 2.06 bits per heavy atom. The largest absolute Gasteiger partial charge is 0.478 e. The number of anilines is 1. The van der Waals surface area contributed by atoms with Crippen molar-refractivity contribution in [1.29, 1.82) is 0 Å². The SMILES string of the molecule is CC1CC(C)CN(c2cnccc2C(=O)O)C1. The van der Waals surface area contributed by atoms with E-state index in [0.717, 1.165) is 18.8 Å². The number of carbonyl (C=O) groups is 1. The third-order valence-corrected chi connectivity index (χ3v) is 3.24. The molecule has 1 saturated heterocycles. The molecule has 17 heavy (non-hydrogen) atoms. The normalized spacial score (nSPS) is 24.7. The van der Waals surface area contributed by atoms with Gasteiger partial charge in [0.2, 0.25) is 0 Å². The number of aromatic carboxylic acids is 1. The molecule has 0 radical (unpaired) electrons. The van der Waals surface area contributed by atoms with Crippen LogP contribution in [0, 0.1) is 11.8 Å². The van der Waals surface area contributed by atoms with E-state index in [1.165, 1.54) is 12.6 Å². The van der Waals surface area contributed by atoms with E-state index in [1.54, 1.807) is 12.3 Å². The van der Waals surface area contributed by atoms with Gasteiger partial charge in [-0.25, -0.2) is 4.79 Å². The summed E-state index contributed by atoms with van der Waals surface area (Å²) in [5, 5.41) is 9.17. The zero-order valence-corrected chi connectivity index (χ0v) is 10.3. The molecule has 1 aromatic rings. The second-order valence-corrected chi connectivity index (χ2v) is 5.05. The van der Waals surface area contributed by atoms with E-state index in [0.29, 0.717) is 17.4 Å². The van der Waals surface area contributed by atoms with Crippen LogP contribution in [-0.2, 0) is 0 Å². The number of carboxylic acids is 1. The fourth-order valence-electron chi connectivity index (χ4n) is 2.68. The summed E-state index contributed by atoms with van der Waals surface area (Å²) >= 11 is 0. The van der Waals surface area contributed by atoms with Gasteiger partial charge in [-0.2, -0.15) is 0 Å². The third-order valence-electron chi connectivity index (χ3n) is 3.24. The number of carboxylic acid groups (broad SMARTS) is 1. The lowest BCUT2D eigenvalue weighted by Crippen LogP contribution is -2.39. The maximum atomic E-state index is 11.2. The lowest BCUT2D eigenvalue weighted by molar-refractivity contribution is 0.0697. The second-order valence-electron chi connectivity index (χ2n) is 5.05. The average Bonchev–Trinajstić information content (AvgIpc) is 2.27. The predicted molar refractivity (Wildman–Crippen MR) is 66.4 cm³/mol. The Kier molecular flexibility index (Phi) is 3.31. The summed E-state index contributed by atoms with van der Waals surface area (Å²) in [4.78, 5) is 17.4. The fourth-order valence-corrected chi connectivity index (χ4v) is 2.68. The van der Waals surface area contributed by atoms with Gasteiger partial charge in [0.25, 0.3) is 0 Å². The summed E-state index contributed by atoms with van der Waals surface area (Å²) < 4.78 is 0. The first-order chi connectivity index (χ1) is 8.08. The molecule has 2 heterocycles. The first-order valence-electron chi connectivity index (χ1n) is 6.00. The number of rotatable bonds is 2. The second kappa shape index (κ2) is 4.73. The highest BCUT2D eigenvalue weighted by atomic mass is 16.4. The molecule has 1 aliphatic rings. The summed E-state index contributed by atoms with van der Waals surface area (Å²) in [6, 6.07) is 1.57. The standard InChI is InChI=1S/C13H18N2O2/c1-9-5-10(2)8-15(7-9)12-6-14-4-3-11(12)13(16)17/h3-4,6,9-10H,5,7-8H2,1-2H3,(H,16,17). The van der Waals surface area contributed by atoms with Gasteiger partial charge in [0.05, 0.1) is 17.4 Å². The molecule has 0 spiro atoms. The van der Waals surface area contributed by atoms with Gasteiger partial charge in [-0.05, 0) is 24.3 Å². The lowest BCUT2D eigenvalue weighted by Gasteiger charge is -2.36. The maximum Gasteiger partial charge on any atom is 0.337 e. The fraction of sp³-hybridized carbons (Fsp3) is 0.538. The van der Waals surface area contributed by atoms with Gasteiger partial charge in [0, 0.05) is 19.3 Å². The minimum absolute atomic E-state index is 0.348. The number of piperidine rings is 1. The highest BCUT2D eigenvalue weighted by Crippen LogP contribution is 2.28. The Labute approximate surface area is 101 Å². The Morgan fingerprint density at radius 1 is 1.41 bits per heavy atom. The van der Waals surface area contributed by atoms with Crippen molar-refractivity contribution in [2.75, 3.05) is 18.0 Å². The first kappa shape index (κ1) is 11.9. The van der Waals surface area contributed by atoms with E-state index in [9.17, 15) is 9.90 Å². The number of hydrogen-bond acceptors (Lipinski definition) is 3. The van der Waals surface area contributed by atoms with Crippen LogP contribution in [0.5, 0.6) is 0 Å². The topological polar surface area (TPSA) is 53.4 Å². The molecule has 0 aliphatic carbocycles. The van der Waals surface area contributed by atoms with E-state index in [2.05, 4.69) is 23.7 Å². The number of nitrogens with zero attached hydrogens (tertiary/aromatic N) is 2. The van der Waals surface area contributed by atoms with Crippen LogP contribution in [0.4, 0.5) is 5.69 Å². The van der Waals surface area contributed by atoms with Crippen LogP contribution in [0.3, 0.4) is 0 Å². The van der Waals surface area contributed by atoms with Crippen LogP contribution in [-0.4, -0.2) is 29.1 Å². The molecule has 0 aromatic carbocycles. The molecule has 4 heteroatoms. The van der Waals surface area contributed by atoms with Gasteiger partial charge in [-0.15, -0.1) is 0 Å². The molecule has 0 bridgehead atoms. The molecule has 1 N–H and O–H groups in total. The molecule has 1 fully saturated rings. The monoisotopic (exact) mass is 234 g/mol. The Morgan fingerprint density at radius 3 is 2.65 bits per heavy atom. The lowest BCUT2D eigenvalue weighted by atomic mass is 9.91. The smallest absolute Gasteiger partial charge is 0.337 e. The van der Waals surface area contributed by atoms with E-state index in [-0.39, 0.29) is 0 Å². The van der Waals surface area contributed by atoms with E-state index in [4.69, 9.17) is 0 Å². The van der Waals surface area contributed by atoms with Crippen LogP contribution in [0.1, 0.15) is 30.6 Å². The molecule has 2 atom stereocenters. The Hall–Kier alpha value is -1.58. The van der Waals surface area contributed by atoms with Gasteiger partial charge in [-0.1, -0.05) is 13.8 Å². The molecule has 2 rings (SSSR count). The first-order valence-corrected chi connectivity index (χ1v) is 6.00. The summed E-state index contributed by atoms with van der Waals surface area (Å²) in [7, 11) is 0. The van der Waals surface area contributed by atoms with Crippen LogP contribution in [0.2, 0.25) is 0 Å². The van der Waals surface area contributed by atoms with Gasteiger partial charge < -0.3 is 10.0 Å². The van der Waals surface area contributed by atoms with E-state index >= 15 is 0 Å². The molecule has 0 saturated carbocycles. The Balaban J connectivity index is 2.30. The number of aromatic nitrogens is 1. The Bertz CT molecular complexity index is 410. The molecule has 4 nitrogen and oxygen atoms in total. The van der Waals surface area contributed by atoms with Crippen LogP contribution < -0.4 is 4.90 Å². The maximum absolute atomic E-state index is 11.2. The van der Waals surface area contributed by atoms with Crippen LogP contribution in [0.25, 0.3) is 0 Å². The van der Waals surface area contributed by atoms with E-state index < -0.39 is 5.97 Å². The van der Waals surface area contributed by atoms with Gasteiger partial charge in [-0.3, -0.25) is 4.98 Å². The molecule has 92 valence electrons. The summed E-state index contributed by atoms with van der Waals surface area (Å²) in [5.41, 5.74) is 1.10. The van der Waals surface area contributed by atoms with Crippen molar-refractivity contribution in [3.05, 3.63) is 24.0 Å². The summed E-state index contributed by atoms with van der Waals surface area (Å²) in [6.07, 6.45) is 4.40. The van der Waals surface area contributed by atoms with Crippen molar-refractivity contribution in [2.45, 2.75) is 20.3 Å². The molecule has 2 unspecified atom stereocenters. The quantitative estimate of drug-likeness (QED) is 0.852. The molecule has 0 amide bonds. The van der Waals surface area contributed by atoms with Crippen molar-refractivity contribution in [1.82, 2.24) is 4.98 Å². The van der Waals surface area contributed by atoms with Crippen molar-refractivity contribution in [3.63, 3.8) is 0 Å². The van der Waals surface area contributed by atoms with E-state index in [1.807, 2.05) is 0 Å². The molecular formula is C13H18N2O2. The van der Waals surface area contributed by atoms with Gasteiger partial charge >= 0.3 is 5.97 Å². The van der Waals surface area contributed by atoms with Crippen LogP contribution in [0.15, 0.2) is 18.5 Å².